The third kappa shape index (κ3) is 4.28. The Bertz CT molecular complexity index is 1150. The number of rotatable bonds is 4. The summed E-state index contributed by atoms with van der Waals surface area (Å²) in [6.45, 7) is 2.02. The van der Waals surface area contributed by atoms with Gasteiger partial charge in [0.2, 0.25) is 0 Å². The van der Waals surface area contributed by atoms with Crippen LogP contribution in [0.4, 0.5) is 0 Å². The fraction of sp³-hybridized carbons (Fsp3) is 0.360. The summed E-state index contributed by atoms with van der Waals surface area (Å²) in [6.07, 6.45) is 7.94. The number of para-hydroxylation sites is 1. The second-order valence-corrected chi connectivity index (χ2v) is 8.52. The molecule has 1 amide bonds. The van der Waals surface area contributed by atoms with Crippen molar-refractivity contribution in [2.45, 2.75) is 38.3 Å². The van der Waals surface area contributed by atoms with Gasteiger partial charge in [-0.3, -0.25) is 19.1 Å². The molecule has 7 nitrogen and oxygen atoms in total. The number of aryl methyl sites for hydroxylation is 1. The number of amides is 1. The van der Waals surface area contributed by atoms with Crippen LogP contribution in [0.5, 0.6) is 5.75 Å². The molecule has 1 unspecified atom stereocenters. The minimum atomic E-state index is -0.394. The molecule has 1 saturated heterocycles. The molecule has 5 rings (SSSR count). The van der Waals surface area contributed by atoms with E-state index in [-0.39, 0.29) is 11.5 Å². The first-order valence-electron chi connectivity index (χ1n) is 11.2. The van der Waals surface area contributed by atoms with Crippen LogP contribution >= 0.6 is 0 Å². The van der Waals surface area contributed by atoms with Gasteiger partial charge in [0, 0.05) is 43.7 Å². The Kier molecular flexibility index (Phi) is 5.71. The van der Waals surface area contributed by atoms with E-state index >= 15 is 0 Å². The number of carbonyl (C=O) groups excluding carboxylic acids is 1. The van der Waals surface area contributed by atoms with Gasteiger partial charge in [-0.15, -0.1) is 0 Å². The van der Waals surface area contributed by atoms with Crippen LogP contribution in [0.15, 0.2) is 66.0 Å². The molecule has 7 heteroatoms. The quantitative estimate of drug-likeness (QED) is 0.636. The van der Waals surface area contributed by atoms with E-state index in [1.54, 1.807) is 29.4 Å². The molecule has 164 valence electrons. The topological polar surface area (TPSA) is 77.3 Å². The number of ether oxygens (including phenoxy) is 1. The standard InChI is InChI=1S/C25H26N4O3/c30-24-15-21(19-7-11-26-12-8-19)27-17-29(24)16-18-9-13-28(14-10-18)25(31)23-6-5-20-3-1-2-4-22(20)32-23/h1-4,7-8,11-12,15,17-18,23H,5-6,9-10,13-14,16H2. The fourth-order valence-corrected chi connectivity index (χ4v) is 4.56. The highest BCUT2D eigenvalue weighted by molar-refractivity contribution is 5.81. The van der Waals surface area contributed by atoms with Gasteiger partial charge in [-0.2, -0.15) is 0 Å². The molecule has 1 aromatic carbocycles. The maximum atomic E-state index is 13.0. The van der Waals surface area contributed by atoms with E-state index < -0.39 is 6.10 Å². The maximum absolute atomic E-state index is 13.0. The molecule has 0 spiro atoms. The van der Waals surface area contributed by atoms with Gasteiger partial charge in [-0.05, 0) is 55.4 Å². The summed E-state index contributed by atoms with van der Waals surface area (Å²) in [5, 5.41) is 0. The molecule has 0 N–H and O–H groups in total. The van der Waals surface area contributed by atoms with Crippen molar-refractivity contribution in [1.29, 1.82) is 0 Å². The minimum absolute atomic E-state index is 0.0559. The first kappa shape index (κ1) is 20.4. The van der Waals surface area contributed by atoms with Crippen molar-refractivity contribution in [2.75, 3.05) is 13.1 Å². The number of nitrogens with zero attached hydrogens (tertiary/aromatic N) is 4. The van der Waals surface area contributed by atoms with Crippen molar-refractivity contribution in [2.24, 2.45) is 5.92 Å². The summed E-state index contributed by atoms with van der Waals surface area (Å²) in [6, 6.07) is 13.2. The van der Waals surface area contributed by atoms with Crippen LogP contribution in [0.2, 0.25) is 0 Å². The molecule has 0 saturated carbocycles. The van der Waals surface area contributed by atoms with Crippen LogP contribution in [0.25, 0.3) is 11.3 Å². The molecular formula is C25H26N4O3. The summed E-state index contributed by atoms with van der Waals surface area (Å²) < 4.78 is 7.66. The van der Waals surface area contributed by atoms with Crippen LogP contribution in [0.1, 0.15) is 24.8 Å². The van der Waals surface area contributed by atoms with Crippen molar-refractivity contribution in [3.63, 3.8) is 0 Å². The van der Waals surface area contributed by atoms with Crippen LogP contribution in [-0.4, -0.2) is 44.5 Å². The summed E-state index contributed by atoms with van der Waals surface area (Å²) in [4.78, 5) is 35.9. The highest BCUT2D eigenvalue weighted by Gasteiger charge is 2.32. The molecule has 2 aliphatic rings. The average Bonchev–Trinajstić information content (AvgIpc) is 2.85. The molecule has 0 bridgehead atoms. The average molecular weight is 431 g/mol. The zero-order chi connectivity index (χ0) is 21.9. The Labute approximate surface area is 186 Å². The number of likely N-dealkylation sites (tertiary alicyclic amines) is 1. The molecular weight excluding hydrogens is 404 g/mol. The monoisotopic (exact) mass is 430 g/mol. The largest absolute Gasteiger partial charge is 0.480 e. The van der Waals surface area contributed by atoms with Gasteiger partial charge in [0.15, 0.2) is 6.10 Å². The van der Waals surface area contributed by atoms with E-state index in [2.05, 4.69) is 16.0 Å². The van der Waals surface area contributed by atoms with Gasteiger partial charge < -0.3 is 9.64 Å². The number of fused-ring (bicyclic) bond motifs is 1. The summed E-state index contributed by atoms with van der Waals surface area (Å²) in [5.41, 5.74) is 2.65. The second kappa shape index (κ2) is 8.94. The maximum Gasteiger partial charge on any atom is 0.263 e. The summed E-state index contributed by atoms with van der Waals surface area (Å²) in [5.74, 6) is 1.26. The van der Waals surface area contributed by atoms with Crippen LogP contribution < -0.4 is 10.3 Å². The number of pyridine rings is 1. The Morgan fingerprint density at radius 2 is 1.84 bits per heavy atom. The Morgan fingerprint density at radius 3 is 2.62 bits per heavy atom. The van der Waals surface area contributed by atoms with Crippen molar-refractivity contribution in [1.82, 2.24) is 19.4 Å². The summed E-state index contributed by atoms with van der Waals surface area (Å²) >= 11 is 0. The first-order chi connectivity index (χ1) is 15.7. The fourth-order valence-electron chi connectivity index (χ4n) is 4.56. The third-order valence-corrected chi connectivity index (χ3v) is 6.43. The Hall–Kier alpha value is -3.48. The lowest BCUT2D eigenvalue weighted by molar-refractivity contribution is -0.141. The van der Waals surface area contributed by atoms with Crippen molar-refractivity contribution < 1.29 is 9.53 Å². The van der Waals surface area contributed by atoms with Crippen LogP contribution in [0.3, 0.4) is 0 Å². The van der Waals surface area contributed by atoms with E-state index in [9.17, 15) is 9.59 Å². The van der Waals surface area contributed by atoms with Gasteiger partial charge >= 0.3 is 0 Å². The number of aromatic nitrogens is 3. The summed E-state index contributed by atoms with van der Waals surface area (Å²) in [7, 11) is 0. The molecule has 2 aromatic heterocycles. The van der Waals surface area contributed by atoms with Crippen molar-refractivity contribution in [3.05, 3.63) is 77.1 Å². The molecule has 3 aromatic rings. The SMILES string of the molecule is O=C(C1CCc2ccccc2O1)N1CCC(Cn2cnc(-c3ccncc3)cc2=O)CC1. The van der Waals surface area contributed by atoms with Gasteiger partial charge in [-0.25, -0.2) is 4.98 Å². The van der Waals surface area contributed by atoms with E-state index in [1.165, 1.54) is 5.56 Å². The predicted molar refractivity (Wildman–Crippen MR) is 120 cm³/mol. The van der Waals surface area contributed by atoms with Crippen LogP contribution in [0, 0.1) is 5.92 Å². The zero-order valence-corrected chi connectivity index (χ0v) is 17.9. The molecule has 4 heterocycles. The molecule has 0 aliphatic carbocycles. The molecule has 1 fully saturated rings. The highest BCUT2D eigenvalue weighted by Crippen LogP contribution is 2.29. The lowest BCUT2D eigenvalue weighted by atomic mass is 9.95. The minimum Gasteiger partial charge on any atom is -0.480 e. The highest BCUT2D eigenvalue weighted by atomic mass is 16.5. The molecule has 2 aliphatic heterocycles. The Balaban J connectivity index is 1.17. The number of benzene rings is 1. The number of hydrogen-bond donors (Lipinski definition) is 0. The third-order valence-electron chi connectivity index (χ3n) is 6.43. The first-order valence-corrected chi connectivity index (χ1v) is 11.2. The lowest BCUT2D eigenvalue weighted by Crippen LogP contribution is -2.47. The number of carbonyl (C=O) groups is 1. The van der Waals surface area contributed by atoms with E-state index in [0.29, 0.717) is 31.2 Å². The second-order valence-electron chi connectivity index (χ2n) is 8.52. The molecule has 0 radical (unpaired) electrons. The van der Waals surface area contributed by atoms with E-state index in [1.807, 2.05) is 35.2 Å². The predicted octanol–water partition coefficient (Wildman–Crippen LogP) is 2.94. The lowest BCUT2D eigenvalue weighted by Gasteiger charge is -2.35. The normalized spacial score (nSPS) is 18.6. The number of hydrogen-bond acceptors (Lipinski definition) is 5. The Morgan fingerprint density at radius 1 is 1.06 bits per heavy atom. The van der Waals surface area contributed by atoms with Crippen molar-refractivity contribution in [3.8, 4) is 17.0 Å². The van der Waals surface area contributed by atoms with E-state index in [4.69, 9.17) is 4.74 Å². The van der Waals surface area contributed by atoms with E-state index in [0.717, 1.165) is 37.0 Å². The van der Waals surface area contributed by atoms with Gasteiger partial charge in [-0.1, -0.05) is 18.2 Å². The van der Waals surface area contributed by atoms with Gasteiger partial charge in [0.05, 0.1) is 12.0 Å². The van der Waals surface area contributed by atoms with Crippen LogP contribution in [-0.2, 0) is 17.8 Å². The molecule has 32 heavy (non-hydrogen) atoms. The molecule has 1 atom stereocenters. The van der Waals surface area contributed by atoms with Gasteiger partial charge in [0.1, 0.15) is 5.75 Å². The smallest absolute Gasteiger partial charge is 0.263 e. The number of piperidine rings is 1. The van der Waals surface area contributed by atoms with Gasteiger partial charge in [0.25, 0.3) is 11.5 Å². The van der Waals surface area contributed by atoms with Crippen molar-refractivity contribution >= 4 is 5.91 Å². The zero-order valence-electron chi connectivity index (χ0n) is 17.9.